The zero-order chi connectivity index (χ0) is 13.4. The minimum atomic E-state index is -0.427. The van der Waals surface area contributed by atoms with Gasteiger partial charge in [0.05, 0.1) is 17.1 Å². The molecule has 6 nitrogen and oxygen atoms in total. The van der Waals surface area contributed by atoms with Crippen molar-refractivity contribution in [1.29, 1.82) is 0 Å². The van der Waals surface area contributed by atoms with Crippen molar-refractivity contribution in [2.24, 2.45) is 0 Å². The first kappa shape index (κ1) is 14.4. The second kappa shape index (κ2) is 7.60. The van der Waals surface area contributed by atoms with E-state index in [9.17, 15) is 10.1 Å². The molecular formula is C12H19N3O3. The van der Waals surface area contributed by atoms with Crippen LogP contribution in [0.2, 0.25) is 0 Å². The molecule has 0 aliphatic rings. The van der Waals surface area contributed by atoms with Gasteiger partial charge in [-0.2, -0.15) is 0 Å². The standard InChI is InChI=1S/C12H19N3O3/c1-10(2)18-8-4-3-6-13-12-9-11(15(16)17)5-7-14-12/h5,7,9-10H,3-4,6,8H2,1-2H3,(H,13,14). The topological polar surface area (TPSA) is 77.3 Å². The van der Waals surface area contributed by atoms with Crippen molar-refractivity contribution >= 4 is 11.5 Å². The van der Waals surface area contributed by atoms with Crippen molar-refractivity contribution in [3.8, 4) is 0 Å². The molecule has 100 valence electrons. The van der Waals surface area contributed by atoms with Gasteiger partial charge in [0, 0.05) is 25.4 Å². The number of hydrogen-bond acceptors (Lipinski definition) is 5. The summed E-state index contributed by atoms with van der Waals surface area (Å²) >= 11 is 0. The van der Waals surface area contributed by atoms with Crippen LogP contribution in [0.1, 0.15) is 26.7 Å². The van der Waals surface area contributed by atoms with Crippen LogP contribution < -0.4 is 5.32 Å². The van der Waals surface area contributed by atoms with E-state index in [-0.39, 0.29) is 11.8 Å². The zero-order valence-corrected chi connectivity index (χ0v) is 10.8. The largest absolute Gasteiger partial charge is 0.379 e. The summed E-state index contributed by atoms with van der Waals surface area (Å²) in [5.41, 5.74) is 0.0515. The lowest BCUT2D eigenvalue weighted by atomic mass is 10.3. The third-order valence-corrected chi connectivity index (χ3v) is 2.28. The Balaban J connectivity index is 2.23. The molecule has 0 aromatic carbocycles. The maximum Gasteiger partial charge on any atom is 0.274 e. The summed E-state index contributed by atoms with van der Waals surface area (Å²) in [6, 6.07) is 2.81. The predicted octanol–water partition coefficient (Wildman–Crippen LogP) is 2.61. The number of nitro groups is 1. The molecule has 0 aliphatic carbocycles. The Bertz CT molecular complexity index is 383. The van der Waals surface area contributed by atoms with Crippen molar-refractivity contribution in [2.45, 2.75) is 32.8 Å². The Morgan fingerprint density at radius 1 is 1.50 bits per heavy atom. The molecule has 1 N–H and O–H groups in total. The Kier molecular flexibility index (Phi) is 6.07. The number of unbranched alkanes of at least 4 members (excludes halogenated alkanes) is 1. The van der Waals surface area contributed by atoms with Gasteiger partial charge < -0.3 is 10.1 Å². The van der Waals surface area contributed by atoms with Crippen LogP contribution in [-0.4, -0.2) is 29.2 Å². The van der Waals surface area contributed by atoms with Crippen molar-refractivity contribution < 1.29 is 9.66 Å². The van der Waals surface area contributed by atoms with Crippen LogP contribution in [0.25, 0.3) is 0 Å². The number of hydrogen-bond donors (Lipinski definition) is 1. The smallest absolute Gasteiger partial charge is 0.274 e. The third kappa shape index (κ3) is 5.58. The second-order valence-electron chi connectivity index (χ2n) is 4.21. The van der Waals surface area contributed by atoms with Gasteiger partial charge in [-0.25, -0.2) is 4.98 Å². The minimum Gasteiger partial charge on any atom is -0.379 e. The highest BCUT2D eigenvalue weighted by Crippen LogP contribution is 2.13. The van der Waals surface area contributed by atoms with E-state index in [0.29, 0.717) is 5.82 Å². The van der Waals surface area contributed by atoms with Crippen LogP contribution in [0.5, 0.6) is 0 Å². The molecule has 6 heteroatoms. The van der Waals surface area contributed by atoms with E-state index < -0.39 is 4.92 Å². The number of anilines is 1. The van der Waals surface area contributed by atoms with Gasteiger partial charge in [0.1, 0.15) is 5.82 Å². The fourth-order valence-corrected chi connectivity index (χ4v) is 1.39. The molecule has 18 heavy (non-hydrogen) atoms. The van der Waals surface area contributed by atoms with Gasteiger partial charge in [-0.15, -0.1) is 0 Å². The Morgan fingerprint density at radius 2 is 2.28 bits per heavy atom. The molecule has 1 aromatic heterocycles. The third-order valence-electron chi connectivity index (χ3n) is 2.28. The van der Waals surface area contributed by atoms with E-state index in [4.69, 9.17) is 4.74 Å². The van der Waals surface area contributed by atoms with Crippen LogP contribution in [0.4, 0.5) is 11.5 Å². The molecule has 1 aromatic rings. The number of nitrogens with zero attached hydrogens (tertiary/aromatic N) is 2. The molecule has 0 fully saturated rings. The number of aromatic nitrogens is 1. The molecule has 0 saturated carbocycles. The van der Waals surface area contributed by atoms with E-state index in [1.54, 1.807) is 0 Å². The molecule has 0 radical (unpaired) electrons. The first-order chi connectivity index (χ1) is 8.59. The number of pyridine rings is 1. The molecule has 0 unspecified atom stereocenters. The summed E-state index contributed by atoms with van der Waals surface area (Å²) in [6.45, 7) is 5.48. The summed E-state index contributed by atoms with van der Waals surface area (Å²) in [7, 11) is 0. The van der Waals surface area contributed by atoms with Crippen LogP contribution in [0.15, 0.2) is 18.3 Å². The van der Waals surface area contributed by atoms with Gasteiger partial charge in [0.15, 0.2) is 0 Å². The molecule has 0 spiro atoms. The van der Waals surface area contributed by atoms with Crippen LogP contribution in [-0.2, 0) is 4.74 Å². The summed E-state index contributed by atoms with van der Waals surface area (Å²) in [5.74, 6) is 0.536. The van der Waals surface area contributed by atoms with Crippen LogP contribution in [0, 0.1) is 10.1 Å². The van der Waals surface area contributed by atoms with E-state index >= 15 is 0 Å². The Morgan fingerprint density at radius 3 is 2.94 bits per heavy atom. The molecular weight excluding hydrogens is 234 g/mol. The van der Waals surface area contributed by atoms with Gasteiger partial charge in [0.25, 0.3) is 5.69 Å². The summed E-state index contributed by atoms with van der Waals surface area (Å²) in [6.07, 6.45) is 3.59. The number of ether oxygens (including phenoxy) is 1. The minimum absolute atomic E-state index is 0.0515. The molecule has 0 aliphatic heterocycles. The number of nitrogens with one attached hydrogen (secondary N) is 1. The van der Waals surface area contributed by atoms with Gasteiger partial charge >= 0.3 is 0 Å². The second-order valence-corrected chi connectivity index (χ2v) is 4.21. The Hall–Kier alpha value is -1.69. The van der Waals surface area contributed by atoms with Gasteiger partial charge in [-0.1, -0.05) is 0 Å². The first-order valence-electron chi connectivity index (χ1n) is 6.05. The molecule has 0 atom stereocenters. The molecule has 0 saturated heterocycles. The monoisotopic (exact) mass is 253 g/mol. The van der Waals surface area contributed by atoms with Gasteiger partial charge in [-0.05, 0) is 26.7 Å². The van der Waals surface area contributed by atoms with E-state index in [2.05, 4.69) is 10.3 Å². The summed E-state index contributed by atoms with van der Waals surface area (Å²) in [4.78, 5) is 14.2. The van der Waals surface area contributed by atoms with Crippen LogP contribution in [0.3, 0.4) is 0 Å². The summed E-state index contributed by atoms with van der Waals surface area (Å²) in [5, 5.41) is 13.6. The lowest BCUT2D eigenvalue weighted by Crippen LogP contribution is -2.07. The van der Waals surface area contributed by atoms with Crippen molar-refractivity contribution in [1.82, 2.24) is 4.98 Å². The molecule has 0 bridgehead atoms. The van der Waals surface area contributed by atoms with Gasteiger partial charge in [-0.3, -0.25) is 10.1 Å². The maximum absolute atomic E-state index is 10.6. The SMILES string of the molecule is CC(C)OCCCCNc1cc([N+](=O)[O-])ccn1. The highest BCUT2D eigenvalue weighted by molar-refractivity contribution is 5.43. The van der Waals surface area contributed by atoms with E-state index in [0.717, 1.165) is 26.0 Å². The zero-order valence-electron chi connectivity index (χ0n) is 10.8. The average molecular weight is 253 g/mol. The maximum atomic E-state index is 10.6. The van der Waals surface area contributed by atoms with Crippen LogP contribution >= 0.6 is 0 Å². The lowest BCUT2D eigenvalue weighted by Gasteiger charge is -2.08. The van der Waals surface area contributed by atoms with Gasteiger partial charge in [0.2, 0.25) is 0 Å². The average Bonchev–Trinajstić information content (AvgIpc) is 2.33. The van der Waals surface area contributed by atoms with Crippen molar-refractivity contribution in [2.75, 3.05) is 18.5 Å². The van der Waals surface area contributed by atoms with Crippen molar-refractivity contribution in [3.63, 3.8) is 0 Å². The first-order valence-corrected chi connectivity index (χ1v) is 6.05. The molecule has 1 heterocycles. The molecule has 1 rings (SSSR count). The van der Waals surface area contributed by atoms with E-state index in [1.807, 2.05) is 13.8 Å². The fourth-order valence-electron chi connectivity index (χ4n) is 1.39. The lowest BCUT2D eigenvalue weighted by molar-refractivity contribution is -0.384. The summed E-state index contributed by atoms with van der Waals surface area (Å²) < 4.78 is 5.41. The quantitative estimate of drug-likeness (QED) is 0.437. The predicted molar refractivity (Wildman–Crippen MR) is 69.7 cm³/mol. The Labute approximate surface area is 107 Å². The van der Waals surface area contributed by atoms with Crippen molar-refractivity contribution in [3.05, 3.63) is 28.4 Å². The highest BCUT2D eigenvalue weighted by atomic mass is 16.6. The number of rotatable bonds is 8. The van der Waals surface area contributed by atoms with E-state index in [1.165, 1.54) is 18.3 Å². The normalized spacial score (nSPS) is 10.6. The fraction of sp³-hybridized carbons (Fsp3) is 0.583. The highest BCUT2D eigenvalue weighted by Gasteiger charge is 2.05. The molecule has 0 amide bonds.